The highest BCUT2D eigenvalue weighted by molar-refractivity contribution is 6.36. The predicted molar refractivity (Wildman–Crippen MR) is 155 cm³/mol. The summed E-state index contributed by atoms with van der Waals surface area (Å²) in [5, 5.41) is 3.83. The monoisotopic (exact) mass is 554 g/mol. The molecule has 3 aromatic rings. The van der Waals surface area contributed by atoms with Crippen LogP contribution >= 0.6 is 23.2 Å². The Hall–Kier alpha value is -3.02. The smallest absolute Gasteiger partial charge is 0.261 e. The van der Waals surface area contributed by atoms with Crippen LogP contribution in [-0.2, 0) is 28.0 Å². The molecule has 1 atom stereocenters. The molecule has 0 bridgehead atoms. The van der Waals surface area contributed by atoms with Crippen LogP contribution in [0.25, 0.3) is 0 Å². The van der Waals surface area contributed by atoms with Crippen molar-refractivity contribution in [2.24, 2.45) is 0 Å². The Kier molecular flexibility index (Phi) is 10.6. The molecular formula is C31H36Cl2N2O3. The summed E-state index contributed by atoms with van der Waals surface area (Å²) in [6, 6.07) is 21.8. The van der Waals surface area contributed by atoms with E-state index in [1.54, 1.807) is 18.2 Å². The second kappa shape index (κ2) is 13.7. The summed E-state index contributed by atoms with van der Waals surface area (Å²) in [5.41, 5.74) is 2.35. The molecule has 2 amide bonds. The van der Waals surface area contributed by atoms with Crippen molar-refractivity contribution in [3.63, 3.8) is 0 Å². The van der Waals surface area contributed by atoms with E-state index in [2.05, 4.69) is 26.1 Å². The average Bonchev–Trinajstić information content (AvgIpc) is 2.89. The Labute approximate surface area is 236 Å². The van der Waals surface area contributed by atoms with Gasteiger partial charge in [-0.1, -0.05) is 105 Å². The fourth-order valence-corrected chi connectivity index (χ4v) is 4.73. The van der Waals surface area contributed by atoms with E-state index in [0.717, 1.165) is 17.5 Å². The van der Waals surface area contributed by atoms with Crippen LogP contribution in [0.5, 0.6) is 5.75 Å². The van der Waals surface area contributed by atoms with Gasteiger partial charge < -0.3 is 15.0 Å². The third-order valence-corrected chi connectivity index (χ3v) is 6.96. The first kappa shape index (κ1) is 29.5. The molecule has 5 nitrogen and oxygen atoms in total. The van der Waals surface area contributed by atoms with Crippen molar-refractivity contribution in [1.82, 2.24) is 10.2 Å². The Bertz CT molecular complexity index is 1210. The second-order valence-electron chi connectivity index (χ2n) is 10.3. The number of benzene rings is 3. The number of carbonyl (C=O) groups excluding carboxylic acids is 2. The van der Waals surface area contributed by atoms with Gasteiger partial charge in [-0.3, -0.25) is 9.59 Å². The molecule has 3 aromatic carbocycles. The lowest BCUT2D eigenvalue weighted by Gasteiger charge is -2.32. The highest BCUT2D eigenvalue weighted by atomic mass is 35.5. The first-order valence-electron chi connectivity index (χ1n) is 12.9. The van der Waals surface area contributed by atoms with Gasteiger partial charge in [0, 0.05) is 35.1 Å². The minimum Gasteiger partial charge on any atom is -0.483 e. The molecule has 7 heteroatoms. The number of nitrogens with one attached hydrogen (secondary N) is 1. The summed E-state index contributed by atoms with van der Waals surface area (Å²) in [6.45, 7) is 8.61. The molecule has 0 aromatic heterocycles. The topological polar surface area (TPSA) is 58.6 Å². The third kappa shape index (κ3) is 7.99. The van der Waals surface area contributed by atoms with Crippen molar-refractivity contribution in [2.75, 3.05) is 13.2 Å². The zero-order valence-electron chi connectivity index (χ0n) is 22.5. The molecule has 38 heavy (non-hydrogen) atoms. The van der Waals surface area contributed by atoms with Gasteiger partial charge in [-0.15, -0.1) is 0 Å². The number of carbonyl (C=O) groups is 2. The predicted octanol–water partition coefficient (Wildman–Crippen LogP) is 6.84. The number of para-hydroxylation sites is 1. The molecule has 0 heterocycles. The van der Waals surface area contributed by atoms with Gasteiger partial charge in [0.2, 0.25) is 5.91 Å². The van der Waals surface area contributed by atoms with Gasteiger partial charge in [0.1, 0.15) is 11.8 Å². The highest BCUT2D eigenvalue weighted by Crippen LogP contribution is 2.31. The van der Waals surface area contributed by atoms with Crippen LogP contribution < -0.4 is 10.1 Å². The van der Waals surface area contributed by atoms with Gasteiger partial charge in [0.15, 0.2) is 6.61 Å². The maximum absolute atomic E-state index is 13.8. The van der Waals surface area contributed by atoms with E-state index in [9.17, 15) is 9.59 Å². The fraction of sp³-hybridized carbons (Fsp3) is 0.355. The van der Waals surface area contributed by atoms with Crippen LogP contribution in [0.4, 0.5) is 0 Å². The summed E-state index contributed by atoms with van der Waals surface area (Å²) in [7, 11) is 0. The Morgan fingerprint density at radius 3 is 2.18 bits per heavy atom. The molecule has 0 aliphatic heterocycles. The van der Waals surface area contributed by atoms with E-state index in [4.69, 9.17) is 27.9 Å². The summed E-state index contributed by atoms with van der Waals surface area (Å²) in [6.07, 6.45) is 1.11. The van der Waals surface area contributed by atoms with Crippen molar-refractivity contribution in [3.8, 4) is 5.75 Å². The molecule has 3 rings (SSSR count). The van der Waals surface area contributed by atoms with E-state index >= 15 is 0 Å². The molecule has 1 N–H and O–H groups in total. The molecule has 0 unspecified atom stereocenters. The van der Waals surface area contributed by atoms with Crippen LogP contribution in [0.1, 0.15) is 50.8 Å². The van der Waals surface area contributed by atoms with Crippen LogP contribution in [-0.4, -0.2) is 35.9 Å². The van der Waals surface area contributed by atoms with Gasteiger partial charge in [0.25, 0.3) is 5.91 Å². The number of hydrogen-bond donors (Lipinski definition) is 1. The number of nitrogens with zero attached hydrogens (tertiary/aromatic N) is 1. The van der Waals surface area contributed by atoms with E-state index in [-0.39, 0.29) is 30.4 Å². The van der Waals surface area contributed by atoms with Crippen LogP contribution in [0.3, 0.4) is 0 Å². The quantitative estimate of drug-likeness (QED) is 0.282. The molecule has 0 spiro atoms. The Morgan fingerprint density at radius 2 is 1.55 bits per heavy atom. The molecule has 0 radical (unpaired) electrons. The minimum atomic E-state index is -0.787. The van der Waals surface area contributed by atoms with Gasteiger partial charge in [0.05, 0.1) is 0 Å². The van der Waals surface area contributed by atoms with Gasteiger partial charge in [-0.2, -0.15) is 0 Å². The zero-order valence-corrected chi connectivity index (χ0v) is 24.0. The number of halogens is 2. The number of amides is 2. The number of hydrogen-bond acceptors (Lipinski definition) is 3. The lowest BCUT2D eigenvalue weighted by Crippen LogP contribution is -2.52. The van der Waals surface area contributed by atoms with Gasteiger partial charge in [-0.25, -0.2) is 0 Å². The van der Waals surface area contributed by atoms with Crippen molar-refractivity contribution in [3.05, 3.63) is 99.5 Å². The highest BCUT2D eigenvalue weighted by Gasteiger charge is 2.32. The van der Waals surface area contributed by atoms with E-state index in [1.807, 2.05) is 61.5 Å². The lowest BCUT2D eigenvalue weighted by molar-refractivity contribution is -0.142. The van der Waals surface area contributed by atoms with E-state index < -0.39 is 6.04 Å². The van der Waals surface area contributed by atoms with Crippen LogP contribution in [0, 0.1) is 0 Å². The first-order valence-corrected chi connectivity index (χ1v) is 13.6. The normalized spacial score (nSPS) is 12.1. The molecule has 0 saturated heterocycles. The summed E-state index contributed by atoms with van der Waals surface area (Å²) < 4.78 is 6.08. The number of rotatable bonds is 11. The standard InChI is InChI=1S/C31H36Cl2N2O3/c1-5-18-34-30(37)27(19-22-12-7-6-8-13-22)35(20-23-25(32)15-11-16-26(23)33)29(36)21-38-28-17-10-9-14-24(28)31(2,3)4/h6-17,27H,5,18-21H2,1-4H3,(H,34,37)/t27-/m1/s1. The van der Waals surface area contributed by atoms with Crippen LogP contribution in [0.15, 0.2) is 72.8 Å². The molecule has 0 aliphatic carbocycles. The van der Waals surface area contributed by atoms with Crippen molar-refractivity contribution in [2.45, 2.75) is 58.5 Å². The Morgan fingerprint density at radius 1 is 0.921 bits per heavy atom. The number of ether oxygens (including phenoxy) is 1. The molecule has 0 aliphatic rings. The van der Waals surface area contributed by atoms with Gasteiger partial charge in [-0.05, 0) is 41.2 Å². The lowest BCUT2D eigenvalue weighted by atomic mass is 9.86. The summed E-state index contributed by atoms with van der Waals surface area (Å²) >= 11 is 13.0. The first-order chi connectivity index (χ1) is 18.1. The molecule has 202 valence electrons. The average molecular weight is 556 g/mol. The third-order valence-electron chi connectivity index (χ3n) is 6.26. The van der Waals surface area contributed by atoms with Crippen LogP contribution in [0.2, 0.25) is 10.0 Å². The molecular weight excluding hydrogens is 519 g/mol. The Balaban J connectivity index is 1.97. The minimum absolute atomic E-state index is 0.0681. The SMILES string of the molecule is CCCNC(=O)[C@@H](Cc1ccccc1)N(Cc1c(Cl)cccc1Cl)C(=O)COc1ccccc1C(C)(C)C. The molecule has 0 saturated carbocycles. The van der Waals surface area contributed by atoms with E-state index in [0.29, 0.717) is 34.3 Å². The summed E-state index contributed by atoms with van der Waals surface area (Å²) in [4.78, 5) is 28.8. The second-order valence-corrected chi connectivity index (χ2v) is 11.1. The van der Waals surface area contributed by atoms with Crippen molar-refractivity contribution < 1.29 is 14.3 Å². The van der Waals surface area contributed by atoms with Crippen molar-refractivity contribution in [1.29, 1.82) is 0 Å². The molecule has 0 fully saturated rings. The fourth-order valence-electron chi connectivity index (χ4n) is 4.21. The van der Waals surface area contributed by atoms with E-state index in [1.165, 1.54) is 4.90 Å². The maximum atomic E-state index is 13.8. The van der Waals surface area contributed by atoms with Crippen molar-refractivity contribution >= 4 is 35.0 Å². The van der Waals surface area contributed by atoms with Gasteiger partial charge >= 0.3 is 0 Å². The maximum Gasteiger partial charge on any atom is 0.261 e. The largest absolute Gasteiger partial charge is 0.483 e. The zero-order chi connectivity index (χ0) is 27.7. The summed E-state index contributed by atoms with van der Waals surface area (Å²) in [5.74, 6) is 0.0683.